The highest BCUT2D eigenvalue weighted by Gasteiger charge is 2.24. The quantitative estimate of drug-likeness (QED) is 0.513. The van der Waals surface area contributed by atoms with E-state index >= 15 is 0 Å². The van der Waals surface area contributed by atoms with Crippen LogP contribution in [0.5, 0.6) is 5.75 Å². The molecule has 0 atom stereocenters. The lowest BCUT2D eigenvalue weighted by Gasteiger charge is -2.08. The summed E-state index contributed by atoms with van der Waals surface area (Å²) in [5.41, 5.74) is 1.33. The van der Waals surface area contributed by atoms with Crippen molar-refractivity contribution in [3.8, 4) is 22.8 Å². The van der Waals surface area contributed by atoms with E-state index in [1.165, 1.54) is 27.6 Å². The topological polar surface area (TPSA) is 91.3 Å². The van der Waals surface area contributed by atoms with Crippen molar-refractivity contribution >= 4 is 11.6 Å². The van der Waals surface area contributed by atoms with E-state index in [4.69, 9.17) is 9.26 Å². The zero-order valence-electron chi connectivity index (χ0n) is 18.0. The number of ether oxygens (including phenoxy) is 1. The number of nitrogens with zero attached hydrogens (tertiary/aromatic N) is 3. The third-order valence-corrected chi connectivity index (χ3v) is 5.36. The van der Waals surface area contributed by atoms with E-state index in [1.54, 1.807) is 58.3 Å². The summed E-state index contributed by atoms with van der Waals surface area (Å²) in [7, 11) is 3.19. The van der Waals surface area contributed by atoms with Crippen LogP contribution < -0.4 is 15.6 Å². The Hall–Kier alpha value is -4.14. The molecule has 164 valence electrons. The predicted molar refractivity (Wildman–Crippen MR) is 117 cm³/mol. The molecular weight excluding hydrogens is 415 g/mol. The normalized spacial score (nSPS) is 10.9. The van der Waals surface area contributed by atoms with Crippen molar-refractivity contribution in [2.45, 2.75) is 13.8 Å². The van der Waals surface area contributed by atoms with Crippen LogP contribution in [0.25, 0.3) is 17.0 Å². The van der Waals surface area contributed by atoms with Gasteiger partial charge in [0.25, 0.3) is 11.5 Å². The number of hydrogen-bond donors (Lipinski definition) is 1. The van der Waals surface area contributed by atoms with Crippen molar-refractivity contribution in [1.29, 1.82) is 0 Å². The number of benzene rings is 2. The molecule has 1 amide bonds. The first-order valence-electron chi connectivity index (χ1n) is 9.79. The third-order valence-electron chi connectivity index (χ3n) is 5.36. The van der Waals surface area contributed by atoms with Crippen LogP contribution in [-0.2, 0) is 7.05 Å². The van der Waals surface area contributed by atoms with Crippen molar-refractivity contribution < 1.29 is 18.4 Å². The molecule has 8 nitrogen and oxygen atoms in total. The number of carbonyl (C=O) groups excluding carboxylic acids is 1. The van der Waals surface area contributed by atoms with Crippen LogP contribution in [0, 0.1) is 19.7 Å². The van der Waals surface area contributed by atoms with Crippen molar-refractivity contribution in [3.05, 3.63) is 81.7 Å². The van der Waals surface area contributed by atoms with Crippen LogP contribution in [0.4, 0.5) is 10.1 Å². The number of hydrogen-bond acceptors (Lipinski definition) is 5. The number of halogens is 1. The Morgan fingerprint density at radius 1 is 1.12 bits per heavy atom. The molecule has 2 aromatic heterocycles. The first-order valence-corrected chi connectivity index (χ1v) is 9.79. The lowest BCUT2D eigenvalue weighted by atomic mass is 10.1. The van der Waals surface area contributed by atoms with Crippen LogP contribution in [-0.4, -0.2) is 27.5 Å². The Balaban J connectivity index is 1.67. The number of methoxy groups -OCH3 is 1. The highest BCUT2D eigenvalue weighted by atomic mass is 19.1. The number of carbonyl (C=O) groups is 1. The minimum atomic E-state index is -0.600. The summed E-state index contributed by atoms with van der Waals surface area (Å²) in [6, 6.07) is 13.1. The van der Waals surface area contributed by atoms with Crippen LogP contribution >= 0.6 is 0 Å². The summed E-state index contributed by atoms with van der Waals surface area (Å²) in [5, 5.41) is 6.51. The smallest absolute Gasteiger partial charge is 0.295 e. The molecule has 2 heterocycles. The first kappa shape index (κ1) is 21.1. The molecule has 0 unspecified atom stereocenters. The van der Waals surface area contributed by atoms with Gasteiger partial charge in [0.1, 0.15) is 22.9 Å². The number of aromatic nitrogens is 3. The zero-order chi connectivity index (χ0) is 23.0. The van der Waals surface area contributed by atoms with Crippen molar-refractivity contribution in [2.75, 3.05) is 12.4 Å². The molecule has 0 saturated heterocycles. The average molecular weight is 436 g/mol. The minimum absolute atomic E-state index is 0.0363. The highest BCUT2D eigenvalue weighted by Crippen LogP contribution is 2.28. The van der Waals surface area contributed by atoms with Gasteiger partial charge in [-0.15, -0.1) is 0 Å². The molecule has 9 heteroatoms. The number of nitrogens with one attached hydrogen (secondary N) is 1. The second kappa shape index (κ2) is 8.18. The Morgan fingerprint density at radius 2 is 1.81 bits per heavy atom. The van der Waals surface area contributed by atoms with E-state index in [0.717, 1.165) is 5.56 Å². The van der Waals surface area contributed by atoms with Crippen LogP contribution in [0.15, 0.2) is 57.8 Å². The number of rotatable bonds is 5. The lowest BCUT2D eigenvalue weighted by Crippen LogP contribution is -2.24. The van der Waals surface area contributed by atoms with E-state index in [9.17, 15) is 14.0 Å². The van der Waals surface area contributed by atoms with E-state index in [0.29, 0.717) is 22.8 Å². The molecule has 0 saturated carbocycles. The standard InChI is InChI=1S/C23H21FN4O4/c1-13-19(26-32-21(13)15-9-11-16(31-4)12-10-15)22(29)25-20-14(2)27(3)28(23(20)30)18-8-6-5-7-17(18)24/h5-12H,1-4H3,(H,25,29). The van der Waals surface area contributed by atoms with Crippen molar-refractivity contribution in [2.24, 2.45) is 7.05 Å². The van der Waals surface area contributed by atoms with E-state index in [-0.39, 0.29) is 17.1 Å². The Labute approximate surface area is 182 Å². The van der Waals surface area contributed by atoms with Crippen LogP contribution in [0.1, 0.15) is 21.7 Å². The number of amides is 1. The molecule has 0 aliphatic rings. The molecule has 0 spiro atoms. The Kier molecular flexibility index (Phi) is 5.40. The fourth-order valence-electron chi connectivity index (χ4n) is 3.48. The number of para-hydroxylation sites is 1. The minimum Gasteiger partial charge on any atom is -0.497 e. The molecule has 0 aliphatic heterocycles. The lowest BCUT2D eigenvalue weighted by molar-refractivity contribution is 0.101. The molecule has 32 heavy (non-hydrogen) atoms. The van der Waals surface area contributed by atoms with E-state index < -0.39 is 17.3 Å². The monoisotopic (exact) mass is 436 g/mol. The van der Waals surface area contributed by atoms with Gasteiger partial charge in [0, 0.05) is 18.2 Å². The van der Waals surface area contributed by atoms with Gasteiger partial charge in [0.15, 0.2) is 11.5 Å². The van der Waals surface area contributed by atoms with Gasteiger partial charge in [-0.1, -0.05) is 17.3 Å². The maximum atomic E-state index is 14.3. The maximum absolute atomic E-state index is 14.3. The fourth-order valence-corrected chi connectivity index (χ4v) is 3.48. The first-order chi connectivity index (χ1) is 15.3. The van der Waals surface area contributed by atoms with Gasteiger partial charge in [-0.3, -0.25) is 14.3 Å². The average Bonchev–Trinajstić information content (AvgIpc) is 3.27. The second-order valence-electron chi connectivity index (χ2n) is 7.22. The maximum Gasteiger partial charge on any atom is 0.295 e. The van der Waals surface area contributed by atoms with Gasteiger partial charge < -0.3 is 14.6 Å². The summed E-state index contributed by atoms with van der Waals surface area (Å²) >= 11 is 0. The molecule has 1 N–H and O–H groups in total. The Bertz CT molecular complexity index is 1370. The zero-order valence-corrected chi connectivity index (χ0v) is 18.0. The SMILES string of the molecule is COc1ccc(-c2onc(C(=O)Nc3c(C)n(C)n(-c4ccccc4F)c3=O)c2C)cc1. The molecule has 4 rings (SSSR count). The second-order valence-corrected chi connectivity index (χ2v) is 7.22. The van der Waals surface area contributed by atoms with Gasteiger partial charge in [-0.25, -0.2) is 9.07 Å². The summed E-state index contributed by atoms with van der Waals surface area (Å²) in [6.45, 7) is 3.37. The highest BCUT2D eigenvalue weighted by molar-refractivity contribution is 6.04. The molecule has 4 aromatic rings. The van der Waals surface area contributed by atoms with E-state index in [2.05, 4.69) is 10.5 Å². The van der Waals surface area contributed by atoms with Crippen LogP contribution in [0.3, 0.4) is 0 Å². The molecule has 0 bridgehead atoms. The Morgan fingerprint density at radius 3 is 2.47 bits per heavy atom. The third kappa shape index (κ3) is 3.47. The van der Waals surface area contributed by atoms with Gasteiger partial charge in [0.05, 0.1) is 12.8 Å². The molecular formula is C23H21FN4O4. The van der Waals surface area contributed by atoms with E-state index in [1.807, 2.05) is 0 Å². The molecule has 0 radical (unpaired) electrons. The van der Waals surface area contributed by atoms with Gasteiger partial charge in [-0.05, 0) is 50.2 Å². The van der Waals surface area contributed by atoms with Gasteiger partial charge in [-0.2, -0.15) is 0 Å². The molecule has 2 aromatic carbocycles. The summed E-state index contributed by atoms with van der Waals surface area (Å²) in [6.07, 6.45) is 0. The van der Waals surface area contributed by atoms with Crippen molar-refractivity contribution in [1.82, 2.24) is 14.5 Å². The summed E-state index contributed by atoms with van der Waals surface area (Å²) < 4.78 is 27.5. The summed E-state index contributed by atoms with van der Waals surface area (Å²) in [4.78, 5) is 25.9. The predicted octanol–water partition coefficient (Wildman–Crippen LogP) is 3.85. The molecule has 0 fully saturated rings. The van der Waals surface area contributed by atoms with Gasteiger partial charge in [0.2, 0.25) is 0 Å². The summed E-state index contributed by atoms with van der Waals surface area (Å²) in [5.74, 6) is -0.0250. The molecule has 0 aliphatic carbocycles. The van der Waals surface area contributed by atoms with Crippen LogP contribution in [0.2, 0.25) is 0 Å². The fraction of sp³-hybridized carbons (Fsp3) is 0.174. The van der Waals surface area contributed by atoms with Crippen molar-refractivity contribution in [3.63, 3.8) is 0 Å². The van der Waals surface area contributed by atoms with Gasteiger partial charge >= 0.3 is 0 Å². The number of anilines is 1. The largest absolute Gasteiger partial charge is 0.497 e.